The van der Waals surface area contributed by atoms with E-state index in [0.29, 0.717) is 21.6 Å². The number of furan rings is 1. The van der Waals surface area contributed by atoms with Gasteiger partial charge in [-0.15, -0.1) is 10.2 Å². The summed E-state index contributed by atoms with van der Waals surface area (Å²) in [5.74, 6) is 0.485. The second kappa shape index (κ2) is 8.63. The number of carbonyl (C=O) groups excluding carboxylic acids is 1. The van der Waals surface area contributed by atoms with Crippen LogP contribution in [0.3, 0.4) is 0 Å². The maximum absolute atomic E-state index is 13.5. The molecule has 0 radical (unpaired) electrons. The molecule has 1 aromatic carbocycles. The molecule has 2 aromatic heterocycles. The highest BCUT2D eigenvalue weighted by atomic mass is 32.2. The summed E-state index contributed by atoms with van der Waals surface area (Å²) in [7, 11) is 0. The molecule has 25 heavy (non-hydrogen) atoms. The third-order valence-corrected chi connectivity index (χ3v) is 5.18. The SMILES string of the molecule is O=C(CSc1nnc(NCc2ccco2)s1)NCc1ccccc1F. The molecule has 0 saturated carbocycles. The molecule has 0 unspecified atom stereocenters. The zero-order valence-electron chi connectivity index (χ0n) is 13.1. The Kier molecular flexibility index (Phi) is 6.02. The molecular formula is C16H15FN4O2S2. The van der Waals surface area contributed by atoms with Crippen LogP contribution in [0, 0.1) is 5.82 Å². The maximum Gasteiger partial charge on any atom is 0.230 e. The number of carbonyl (C=O) groups is 1. The van der Waals surface area contributed by atoms with E-state index >= 15 is 0 Å². The van der Waals surface area contributed by atoms with Crippen LogP contribution in [0.15, 0.2) is 51.4 Å². The van der Waals surface area contributed by atoms with Crippen LogP contribution < -0.4 is 10.6 Å². The molecule has 2 heterocycles. The first kappa shape index (κ1) is 17.4. The van der Waals surface area contributed by atoms with Crippen LogP contribution in [0.1, 0.15) is 11.3 Å². The van der Waals surface area contributed by atoms with Gasteiger partial charge in [-0.2, -0.15) is 0 Å². The van der Waals surface area contributed by atoms with Gasteiger partial charge < -0.3 is 15.1 Å². The van der Waals surface area contributed by atoms with Crippen molar-refractivity contribution in [2.24, 2.45) is 0 Å². The predicted octanol–water partition coefficient (Wildman–Crippen LogP) is 3.29. The van der Waals surface area contributed by atoms with Crippen LogP contribution in [-0.4, -0.2) is 21.9 Å². The van der Waals surface area contributed by atoms with Gasteiger partial charge >= 0.3 is 0 Å². The standard InChI is InChI=1S/C16H15FN4O2S2/c17-13-6-2-1-4-11(13)8-18-14(22)10-24-16-21-20-15(25-16)19-9-12-5-3-7-23-12/h1-7H,8-10H2,(H,18,22)(H,19,20). The predicted molar refractivity (Wildman–Crippen MR) is 94.9 cm³/mol. The summed E-state index contributed by atoms with van der Waals surface area (Å²) < 4.78 is 19.4. The Morgan fingerprint density at radius 1 is 1.20 bits per heavy atom. The molecule has 0 saturated heterocycles. The quantitative estimate of drug-likeness (QED) is 0.586. The number of amides is 1. The van der Waals surface area contributed by atoms with Crippen molar-refractivity contribution in [3.8, 4) is 0 Å². The monoisotopic (exact) mass is 378 g/mol. The molecule has 9 heteroatoms. The van der Waals surface area contributed by atoms with Gasteiger partial charge in [0.1, 0.15) is 11.6 Å². The highest BCUT2D eigenvalue weighted by Gasteiger charge is 2.09. The van der Waals surface area contributed by atoms with Crippen LogP contribution in [0.5, 0.6) is 0 Å². The number of benzene rings is 1. The van der Waals surface area contributed by atoms with Gasteiger partial charge in [0, 0.05) is 12.1 Å². The number of hydrogen-bond donors (Lipinski definition) is 2. The number of halogens is 1. The van der Waals surface area contributed by atoms with Crippen LogP contribution in [-0.2, 0) is 17.9 Å². The van der Waals surface area contributed by atoms with Gasteiger partial charge in [0.25, 0.3) is 0 Å². The molecular weight excluding hydrogens is 363 g/mol. The number of aromatic nitrogens is 2. The summed E-state index contributed by atoms with van der Waals surface area (Å²) in [4.78, 5) is 11.9. The molecule has 0 aliphatic heterocycles. The molecule has 3 aromatic rings. The summed E-state index contributed by atoms with van der Waals surface area (Å²) in [6.07, 6.45) is 1.61. The van der Waals surface area contributed by atoms with Crippen LogP contribution in [0.4, 0.5) is 9.52 Å². The minimum Gasteiger partial charge on any atom is -0.467 e. The Morgan fingerprint density at radius 2 is 2.08 bits per heavy atom. The first-order valence-corrected chi connectivity index (χ1v) is 9.23. The second-order valence-electron chi connectivity index (χ2n) is 4.96. The molecule has 3 rings (SSSR count). The zero-order chi connectivity index (χ0) is 17.5. The third-order valence-electron chi connectivity index (χ3n) is 3.16. The number of rotatable bonds is 8. The number of nitrogens with one attached hydrogen (secondary N) is 2. The Balaban J connectivity index is 1.41. The Hall–Kier alpha value is -2.39. The van der Waals surface area contributed by atoms with Crippen LogP contribution in [0.25, 0.3) is 0 Å². The van der Waals surface area contributed by atoms with Gasteiger partial charge in [-0.05, 0) is 18.2 Å². The van der Waals surface area contributed by atoms with Crippen molar-refractivity contribution in [2.75, 3.05) is 11.1 Å². The topological polar surface area (TPSA) is 80.1 Å². The lowest BCUT2D eigenvalue weighted by atomic mass is 10.2. The number of anilines is 1. The minimum absolute atomic E-state index is 0.165. The van der Waals surface area contributed by atoms with Gasteiger partial charge in [-0.25, -0.2) is 4.39 Å². The average Bonchev–Trinajstić information content (AvgIpc) is 3.29. The zero-order valence-corrected chi connectivity index (χ0v) is 14.7. The van der Waals surface area contributed by atoms with E-state index in [4.69, 9.17) is 4.42 Å². The Morgan fingerprint density at radius 3 is 2.88 bits per heavy atom. The van der Waals surface area contributed by atoms with Crippen molar-refractivity contribution in [3.05, 3.63) is 59.8 Å². The lowest BCUT2D eigenvalue weighted by Crippen LogP contribution is -2.24. The first-order chi connectivity index (χ1) is 12.2. The molecule has 0 spiro atoms. The van der Waals surface area contributed by atoms with Crippen molar-refractivity contribution in [1.29, 1.82) is 0 Å². The summed E-state index contributed by atoms with van der Waals surface area (Å²) in [5.41, 5.74) is 0.459. The van der Waals surface area contributed by atoms with Gasteiger partial charge in [0.05, 0.1) is 18.6 Å². The fourth-order valence-corrected chi connectivity index (χ4v) is 3.51. The maximum atomic E-state index is 13.5. The molecule has 130 valence electrons. The smallest absolute Gasteiger partial charge is 0.230 e. The third kappa shape index (κ3) is 5.30. The fraction of sp³-hybridized carbons (Fsp3) is 0.188. The van der Waals surface area contributed by atoms with Crippen molar-refractivity contribution in [1.82, 2.24) is 15.5 Å². The Bertz CT molecular complexity index is 823. The molecule has 6 nitrogen and oxygen atoms in total. The molecule has 0 atom stereocenters. The van der Waals surface area contributed by atoms with Gasteiger partial charge in [0.15, 0.2) is 4.34 Å². The highest BCUT2D eigenvalue weighted by molar-refractivity contribution is 8.01. The van der Waals surface area contributed by atoms with Crippen LogP contribution in [0.2, 0.25) is 0 Å². The summed E-state index contributed by atoms with van der Waals surface area (Å²) in [6, 6.07) is 10.0. The number of thioether (sulfide) groups is 1. The van der Waals surface area contributed by atoms with E-state index in [1.165, 1.54) is 29.2 Å². The lowest BCUT2D eigenvalue weighted by Gasteiger charge is -2.05. The summed E-state index contributed by atoms with van der Waals surface area (Å²) >= 11 is 2.65. The van der Waals surface area contributed by atoms with E-state index in [9.17, 15) is 9.18 Å². The average molecular weight is 378 g/mol. The van der Waals surface area contributed by atoms with Gasteiger partial charge in [-0.3, -0.25) is 4.79 Å². The van der Waals surface area contributed by atoms with E-state index in [1.54, 1.807) is 24.5 Å². The van der Waals surface area contributed by atoms with Gasteiger partial charge in [-0.1, -0.05) is 41.3 Å². The molecule has 0 fully saturated rings. The minimum atomic E-state index is -0.327. The first-order valence-electron chi connectivity index (χ1n) is 7.43. The van der Waals surface area contributed by atoms with Crippen molar-refractivity contribution in [2.45, 2.75) is 17.4 Å². The van der Waals surface area contributed by atoms with E-state index in [-0.39, 0.29) is 24.0 Å². The largest absolute Gasteiger partial charge is 0.467 e. The number of nitrogens with zero attached hydrogens (tertiary/aromatic N) is 2. The molecule has 0 bridgehead atoms. The van der Waals surface area contributed by atoms with E-state index < -0.39 is 0 Å². The van der Waals surface area contributed by atoms with E-state index in [1.807, 2.05) is 12.1 Å². The summed E-state index contributed by atoms with van der Waals surface area (Å²) in [5, 5.41) is 14.5. The van der Waals surface area contributed by atoms with Crippen LogP contribution >= 0.6 is 23.1 Å². The van der Waals surface area contributed by atoms with E-state index in [2.05, 4.69) is 20.8 Å². The molecule has 2 N–H and O–H groups in total. The van der Waals surface area contributed by atoms with Crippen molar-refractivity contribution in [3.63, 3.8) is 0 Å². The fourth-order valence-electron chi connectivity index (χ4n) is 1.93. The van der Waals surface area contributed by atoms with Crippen molar-refractivity contribution < 1.29 is 13.6 Å². The molecule has 0 aliphatic rings. The van der Waals surface area contributed by atoms with Crippen molar-refractivity contribution >= 4 is 34.1 Å². The molecule has 0 aliphatic carbocycles. The normalized spacial score (nSPS) is 10.6. The highest BCUT2D eigenvalue weighted by Crippen LogP contribution is 2.25. The van der Waals surface area contributed by atoms with Gasteiger partial charge in [0.2, 0.25) is 11.0 Å². The second-order valence-corrected chi connectivity index (χ2v) is 7.16. The summed E-state index contributed by atoms with van der Waals surface area (Å²) in [6.45, 7) is 0.688. The van der Waals surface area contributed by atoms with E-state index in [0.717, 1.165) is 5.76 Å². The molecule has 1 amide bonds. The number of hydrogen-bond acceptors (Lipinski definition) is 7. The lowest BCUT2D eigenvalue weighted by molar-refractivity contribution is -0.118. The Labute approximate surface area is 151 Å².